The molecule has 3 rings (SSSR count). The summed E-state index contributed by atoms with van der Waals surface area (Å²) in [7, 11) is 0. The number of alkyl halides is 3. The highest BCUT2D eigenvalue weighted by Gasteiger charge is 2.54. The fourth-order valence-electron chi connectivity index (χ4n) is 4.03. The van der Waals surface area contributed by atoms with Crippen molar-refractivity contribution in [1.82, 2.24) is 9.88 Å². The molecule has 31 heavy (non-hydrogen) atoms. The maximum Gasteiger partial charge on any atom is 0.418 e. The topological polar surface area (TPSA) is 79.7 Å². The van der Waals surface area contributed by atoms with Crippen molar-refractivity contribution >= 4 is 23.2 Å². The Balaban J connectivity index is 2.04. The monoisotopic (exact) mass is 456 g/mol. The van der Waals surface area contributed by atoms with E-state index in [-0.39, 0.29) is 25.8 Å². The average Bonchev–Trinajstić information content (AvgIpc) is 3.12. The lowest BCUT2D eigenvalue weighted by atomic mass is 9.81. The number of carboxylic acids is 1. The van der Waals surface area contributed by atoms with Crippen molar-refractivity contribution in [2.45, 2.75) is 57.3 Å². The summed E-state index contributed by atoms with van der Waals surface area (Å²) in [6.07, 6.45) is -2.45. The van der Waals surface area contributed by atoms with Crippen molar-refractivity contribution in [1.29, 1.82) is 0 Å². The lowest BCUT2D eigenvalue weighted by Gasteiger charge is -2.47. The van der Waals surface area contributed by atoms with E-state index in [1.807, 2.05) is 13.8 Å². The number of ether oxygens (including phenoxy) is 1. The van der Waals surface area contributed by atoms with E-state index in [1.165, 1.54) is 16.2 Å². The Hall–Kier alpha value is -2.62. The minimum absolute atomic E-state index is 0.123. The summed E-state index contributed by atoms with van der Waals surface area (Å²) in [6, 6.07) is 2.68. The number of thiophene rings is 1. The van der Waals surface area contributed by atoms with Gasteiger partial charge in [0.2, 0.25) is 5.60 Å². The van der Waals surface area contributed by atoms with Crippen molar-refractivity contribution in [3.63, 3.8) is 0 Å². The number of aliphatic carboxylic acids is 1. The summed E-state index contributed by atoms with van der Waals surface area (Å²) in [5.74, 6) is -1.82. The van der Waals surface area contributed by atoms with Gasteiger partial charge in [-0.3, -0.25) is 9.78 Å². The Kier molecular flexibility index (Phi) is 6.59. The predicted molar refractivity (Wildman–Crippen MR) is 108 cm³/mol. The highest BCUT2D eigenvalue weighted by atomic mass is 32.1. The van der Waals surface area contributed by atoms with Gasteiger partial charge < -0.3 is 14.7 Å². The van der Waals surface area contributed by atoms with Crippen LogP contribution in [0.2, 0.25) is 0 Å². The molecule has 2 aromatic rings. The summed E-state index contributed by atoms with van der Waals surface area (Å²) in [5.41, 5.74) is -3.63. The first kappa shape index (κ1) is 23.1. The lowest BCUT2D eigenvalue weighted by molar-refractivity contribution is -0.166. The number of aromatic nitrogens is 1. The third-order valence-electron chi connectivity index (χ3n) is 5.37. The SMILES string of the molecule is CCC[C@H]1N(C(=O)c2ncccc2C(F)(F)F)CCC[C@@]1(Oc1csc(C)c1)C(=O)O. The van der Waals surface area contributed by atoms with Gasteiger partial charge in [0.1, 0.15) is 11.4 Å². The molecule has 2 atom stereocenters. The van der Waals surface area contributed by atoms with Crippen LogP contribution < -0.4 is 4.74 Å². The third kappa shape index (κ3) is 4.53. The number of nitrogens with zero attached hydrogens (tertiary/aromatic N) is 2. The van der Waals surface area contributed by atoms with Gasteiger partial charge in [0.05, 0.1) is 11.6 Å². The molecule has 0 spiro atoms. The molecule has 6 nitrogen and oxygen atoms in total. The van der Waals surface area contributed by atoms with E-state index in [2.05, 4.69) is 4.98 Å². The molecule has 1 aliphatic rings. The van der Waals surface area contributed by atoms with E-state index in [1.54, 1.807) is 11.4 Å². The zero-order chi connectivity index (χ0) is 22.8. The van der Waals surface area contributed by atoms with E-state index in [0.29, 0.717) is 12.2 Å². The van der Waals surface area contributed by atoms with E-state index in [9.17, 15) is 27.9 Å². The van der Waals surface area contributed by atoms with Crippen LogP contribution in [0.25, 0.3) is 0 Å². The minimum atomic E-state index is -4.76. The number of hydrogen-bond donors (Lipinski definition) is 1. The van der Waals surface area contributed by atoms with Gasteiger partial charge in [0.25, 0.3) is 5.91 Å². The Morgan fingerprint density at radius 2 is 2.16 bits per heavy atom. The first-order chi connectivity index (χ1) is 14.6. The summed E-state index contributed by atoms with van der Waals surface area (Å²) in [4.78, 5) is 31.5. The molecule has 0 bridgehead atoms. The molecule has 1 N–H and O–H groups in total. The lowest BCUT2D eigenvalue weighted by Crippen LogP contribution is -2.65. The molecule has 1 amide bonds. The van der Waals surface area contributed by atoms with Gasteiger partial charge in [-0.05, 0) is 38.0 Å². The van der Waals surface area contributed by atoms with Crippen LogP contribution in [0.3, 0.4) is 0 Å². The molecule has 0 radical (unpaired) electrons. The average molecular weight is 456 g/mol. The summed E-state index contributed by atoms with van der Waals surface area (Å²) < 4.78 is 46.4. The molecule has 10 heteroatoms. The number of pyridine rings is 1. The van der Waals surface area contributed by atoms with Crippen LogP contribution in [0.5, 0.6) is 5.75 Å². The number of carbonyl (C=O) groups excluding carboxylic acids is 1. The van der Waals surface area contributed by atoms with Crippen LogP contribution in [-0.2, 0) is 11.0 Å². The minimum Gasteiger partial charge on any atom is -0.478 e. The van der Waals surface area contributed by atoms with Gasteiger partial charge in [-0.25, -0.2) is 4.79 Å². The number of rotatable bonds is 6. The molecular formula is C21H23F3N2O4S. The number of carbonyl (C=O) groups is 2. The predicted octanol–water partition coefficient (Wildman–Crippen LogP) is 4.78. The van der Waals surface area contributed by atoms with Gasteiger partial charge in [-0.15, -0.1) is 11.3 Å². The largest absolute Gasteiger partial charge is 0.478 e. The van der Waals surface area contributed by atoms with Gasteiger partial charge in [-0.2, -0.15) is 13.2 Å². The molecule has 0 unspecified atom stereocenters. The van der Waals surface area contributed by atoms with E-state index < -0.39 is 41.0 Å². The van der Waals surface area contributed by atoms with Crippen LogP contribution in [-0.4, -0.2) is 45.1 Å². The normalized spacial score (nSPS) is 21.7. The van der Waals surface area contributed by atoms with Crippen LogP contribution in [0, 0.1) is 6.92 Å². The molecule has 0 aromatic carbocycles. The van der Waals surface area contributed by atoms with E-state index in [4.69, 9.17) is 4.74 Å². The van der Waals surface area contributed by atoms with Crippen molar-refractivity contribution in [2.24, 2.45) is 0 Å². The Bertz CT molecular complexity index is 962. The smallest absolute Gasteiger partial charge is 0.418 e. The fraction of sp³-hybridized carbons (Fsp3) is 0.476. The van der Waals surface area contributed by atoms with Crippen LogP contribution in [0.4, 0.5) is 13.2 Å². The highest BCUT2D eigenvalue weighted by molar-refractivity contribution is 7.10. The second-order valence-electron chi connectivity index (χ2n) is 7.49. The van der Waals surface area contributed by atoms with Crippen LogP contribution >= 0.6 is 11.3 Å². The number of halogens is 3. The van der Waals surface area contributed by atoms with Gasteiger partial charge >= 0.3 is 12.1 Å². The fourth-order valence-corrected chi connectivity index (χ4v) is 4.63. The Morgan fingerprint density at radius 3 is 2.74 bits per heavy atom. The first-order valence-corrected chi connectivity index (χ1v) is 10.8. The van der Waals surface area contributed by atoms with Gasteiger partial charge in [0, 0.05) is 29.4 Å². The number of aryl methyl sites for hydroxylation is 1. The number of hydrogen-bond acceptors (Lipinski definition) is 5. The van der Waals surface area contributed by atoms with Crippen molar-refractivity contribution in [3.05, 3.63) is 45.9 Å². The maximum absolute atomic E-state index is 13.5. The van der Waals surface area contributed by atoms with Crippen molar-refractivity contribution < 1.29 is 32.6 Å². The molecule has 1 fully saturated rings. The van der Waals surface area contributed by atoms with Gasteiger partial charge in [0.15, 0.2) is 0 Å². The zero-order valence-corrected chi connectivity index (χ0v) is 17.9. The molecule has 0 saturated carbocycles. The maximum atomic E-state index is 13.5. The standard InChI is InChI=1S/C21H23F3N2O4S/c1-3-6-16-20(19(28)29,30-14-11-13(2)31-12-14)8-5-10-26(16)18(27)17-15(21(22,23)24)7-4-9-25-17/h4,7,9,11-12,16H,3,5-6,8,10H2,1-2H3,(H,28,29)/t16-,20+/m1/s1. The van der Waals surface area contributed by atoms with Crippen LogP contribution in [0.15, 0.2) is 29.8 Å². The molecular weight excluding hydrogens is 433 g/mol. The number of likely N-dealkylation sites (tertiary alicyclic amines) is 1. The van der Waals surface area contributed by atoms with Crippen molar-refractivity contribution in [2.75, 3.05) is 6.54 Å². The molecule has 2 aromatic heterocycles. The highest BCUT2D eigenvalue weighted by Crippen LogP contribution is 2.39. The van der Waals surface area contributed by atoms with Gasteiger partial charge in [-0.1, -0.05) is 13.3 Å². The third-order valence-corrected chi connectivity index (χ3v) is 6.21. The summed E-state index contributed by atoms with van der Waals surface area (Å²) in [5, 5.41) is 11.8. The number of amides is 1. The van der Waals surface area contributed by atoms with Crippen LogP contribution in [0.1, 0.15) is 53.5 Å². The molecule has 3 heterocycles. The second-order valence-corrected chi connectivity index (χ2v) is 8.61. The molecule has 168 valence electrons. The van der Waals surface area contributed by atoms with Crippen molar-refractivity contribution in [3.8, 4) is 5.75 Å². The Morgan fingerprint density at radius 1 is 1.42 bits per heavy atom. The van der Waals surface area contributed by atoms with E-state index >= 15 is 0 Å². The molecule has 1 saturated heterocycles. The first-order valence-electron chi connectivity index (χ1n) is 9.91. The van der Waals surface area contributed by atoms with E-state index in [0.717, 1.165) is 23.2 Å². The number of carboxylic acid groups (broad SMARTS) is 1. The summed E-state index contributed by atoms with van der Waals surface area (Å²) >= 11 is 1.39. The quantitative estimate of drug-likeness (QED) is 0.677. The Labute approximate surface area is 181 Å². The summed E-state index contributed by atoms with van der Waals surface area (Å²) in [6.45, 7) is 3.80. The molecule has 0 aliphatic carbocycles. The second kappa shape index (κ2) is 8.86. The zero-order valence-electron chi connectivity index (χ0n) is 17.1. The number of piperidine rings is 1. The molecule has 1 aliphatic heterocycles.